The van der Waals surface area contributed by atoms with E-state index in [-0.39, 0.29) is 17.6 Å². The predicted octanol–water partition coefficient (Wildman–Crippen LogP) is 3.13. The van der Waals surface area contributed by atoms with Crippen molar-refractivity contribution in [3.05, 3.63) is 30.1 Å². The highest BCUT2D eigenvalue weighted by molar-refractivity contribution is 5.93. The number of likely N-dealkylation sites (tertiary alicyclic amines) is 1. The molecule has 1 heterocycles. The third-order valence-corrected chi connectivity index (χ3v) is 5.52. The fourth-order valence-corrected chi connectivity index (χ4v) is 4.35. The molecule has 1 amide bonds. The zero-order chi connectivity index (χ0) is 15.1. The van der Waals surface area contributed by atoms with Crippen molar-refractivity contribution in [1.82, 2.24) is 4.90 Å². The van der Waals surface area contributed by atoms with Gasteiger partial charge >= 0.3 is 0 Å². The largest absolute Gasteiger partial charge is 0.326 e. The van der Waals surface area contributed by atoms with Crippen LogP contribution in [0.5, 0.6) is 0 Å². The number of nitrogens with one attached hydrogen (secondary N) is 1. The van der Waals surface area contributed by atoms with E-state index in [4.69, 9.17) is 0 Å². The summed E-state index contributed by atoms with van der Waals surface area (Å²) in [5.74, 6) is 1.76. The Labute approximate surface area is 130 Å². The number of anilines is 1. The van der Waals surface area contributed by atoms with Crippen molar-refractivity contribution in [3.8, 4) is 0 Å². The third-order valence-electron chi connectivity index (χ3n) is 5.52. The van der Waals surface area contributed by atoms with E-state index in [1.165, 1.54) is 31.5 Å². The molecular formula is C18H23FN2O. The topological polar surface area (TPSA) is 32.3 Å². The number of carbonyl (C=O) groups is 1. The molecule has 3 nitrogen and oxygen atoms in total. The highest BCUT2D eigenvalue weighted by Crippen LogP contribution is 2.43. The Morgan fingerprint density at radius 3 is 2.55 bits per heavy atom. The van der Waals surface area contributed by atoms with E-state index >= 15 is 0 Å². The fourth-order valence-electron chi connectivity index (χ4n) is 4.35. The number of hydrogen-bond donors (Lipinski definition) is 1. The van der Waals surface area contributed by atoms with Crippen LogP contribution in [-0.4, -0.2) is 30.4 Å². The molecule has 4 rings (SSSR count). The van der Waals surface area contributed by atoms with E-state index in [2.05, 4.69) is 10.2 Å². The molecule has 2 atom stereocenters. The van der Waals surface area contributed by atoms with E-state index in [0.717, 1.165) is 31.8 Å². The maximum Gasteiger partial charge on any atom is 0.228 e. The molecular weight excluding hydrogens is 279 g/mol. The molecule has 3 aliphatic rings. The second-order valence-corrected chi connectivity index (χ2v) is 7.28. The van der Waals surface area contributed by atoms with Gasteiger partial charge in [0, 0.05) is 31.2 Å². The van der Waals surface area contributed by atoms with Gasteiger partial charge in [-0.1, -0.05) is 6.07 Å². The average Bonchev–Trinajstić information content (AvgIpc) is 3.24. The standard InChI is InChI=1S/C18H23FN2O/c19-15-2-1-3-16(8-15)20-18(22)17-13-6-7-14(17)11-21(10-13)9-12-4-5-12/h1-3,8,12-14,17H,4-7,9-11H2,(H,20,22). The Hall–Kier alpha value is -1.42. The van der Waals surface area contributed by atoms with Gasteiger partial charge in [-0.05, 0) is 61.6 Å². The van der Waals surface area contributed by atoms with Gasteiger partial charge < -0.3 is 10.2 Å². The second-order valence-electron chi connectivity index (χ2n) is 7.28. The summed E-state index contributed by atoms with van der Waals surface area (Å²) in [6.45, 7) is 3.35. The molecule has 118 valence electrons. The maximum absolute atomic E-state index is 13.2. The first-order valence-corrected chi connectivity index (χ1v) is 8.48. The van der Waals surface area contributed by atoms with E-state index in [1.807, 2.05) is 0 Å². The molecule has 1 aliphatic heterocycles. The molecule has 2 unspecified atom stereocenters. The van der Waals surface area contributed by atoms with Crippen LogP contribution in [0.4, 0.5) is 10.1 Å². The van der Waals surface area contributed by atoms with Crippen LogP contribution < -0.4 is 5.32 Å². The minimum Gasteiger partial charge on any atom is -0.326 e. The molecule has 3 fully saturated rings. The molecule has 2 bridgehead atoms. The molecule has 1 N–H and O–H groups in total. The van der Waals surface area contributed by atoms with Crippen molar-refractivity contribution < 1.29 is 9.18 Å². The van der Waals surface area contributed by atoms with Crippen LogP contribution in [-0.2, 0) is 4.79 Å². The number of fused-ring (bicyclic) bond motifs is 2. The predicted molar refractivity (Wildman–Crippen MR) is 83.9 cm³/mol. The molecule has 2 saturated carbocycles. The van der Waals surface area contributed by atoms with Crippen LogP contribution in [0.15, 0.2) is 24.3 Å². The minimum atomic E-state index is -0.306. The average molecular weight is 302 g/mol. The number of nitrogens with zero attached hydrogens (tertiary/aromatic N) is 1. The summed E-state index contributed by atoms with van der Waals surface area (Å²) in [7, 11) is 0. The summed E-state index contributed by atoms with van der Waals surface area (Å²) in [5, 5.41) is 2.92. The fraction of sp³-hybridized carbons (Fsp3) is 0.611. The molecule has 1 saturated heterocycles. The van der Waals surface area contributed by atoms with E-state index in [1.54, 1.807) is 12.1 Å². The summed E-state index contributed by atoms with van der Waals surface area (Å²) >= 11 is 0. The molecule has 0 spiro atoms. The maximum atomic E-state index is 13.2. The monoisotopic (exact) mass is 302 g/mol. The van der Waals surface area contributed by atoms with Gasteiger partial charge in [-0.25, -0.2) is 4.39 Å². The van der Waals surface area contributed by atoms with Crippen molar-refractivity contribution >= 4 is 11.6 Å². The Bertz CT molecular complexity index is 558. The van der Waals surface area contributed by atoms with Crippen LogP contribution in [0, 0.1) is 29.5 Å². The SMILES string of the molecule is O=C(Nc1cccc(F)c1)C1C2CCC1CN(CC1CC1)C2. The smallest absolute Gasteiger partial charge is 0.228 e. The van der Waals surface area contributed by atoms with Gasteiger partial charge in [-0.3, -0.25) is 4.79 Å². The minimum absolute atomic E-state index is 0.0872. The first-order chi connectivity index (χ1) is 10.7. The number of rotatable bonds is 4. The summed E-state index contributed by atoms with van der Waals surface area (Å²) in [4.78, 5) is 15.2. The number of carbonyl (C=O) groups excluding carboxylic acids is 1. The lowest BCUT2D eigenvalue weighted by Crippen LogP contribution is -2.46. The van der Waals surface area contributed by atoms with Gasteiger partial charge in [0.25, 0.3) is 0 Å². The van der Waals surface area contributed by atoms with Crippen molar-refractivity contribution in [1.29, 1.82) is 0 Å². The molecule has 1 aromatic rings. The second kappa shape index (κ2) is 5.65. The number of hydrogen-bond acceptors (Lipinski definition) is 2. The Morgan fingerprint density at radius 2 is 1.91 bits per heavy atom. The molecule has 1 aromatic carbocycles. The van der Waals surface area contributed by atoms with E-state index in [0.29, 0.717) is 17.5 Å². The third kappa shape index (κ3) is 2.89. The van der Waals surface area contributed by atoms with Crippen LogP contribution in [0.3, 0.4) is 0 Å². The van der Waals surface area contributed by atoms with Gasteiger partial charge in [-0.15, -0.1) is 0 Å². The molecule has 4 heteroatoms. The Balaban J connectivity index is 1.41. The molecule has 22 heavy (non-hydrogen) atoms. The zero-order valence-electron chi connectivity index (χ0n) is 12.8. The summed E-state index contributed by atoms with van der Waals surface area (Å²) in [5.41, 5.74) is 0.574. The van der Waals surface area contributed by atoms with Gasteiger partial charge in [0.05, 0.1) is 0 Å². The number of benzene rings is 1. The zero-order valence-corrected chi connectivity index (χ0v) is 12.8. The van der Waals surface area contributed by atoms with Crippen LogP contribution in [0.2, 0.25) is 0 Å². The first-order valence-electron chi connectivity index (χ1n) is 8.48. The van der Waals surface area contributed by atoms with Crippen LogP contribution in [0.1, 0.15) is 25.7 Å². The van der Waals surface area contributed by atoms with Crippen molar-refractivity contribution in [2.75, 3.05) is 25.0 Å². The van der Waals surface area contributed by atoms with Crippen molar-refractivity contribution in [2.45, 2.75) is 25.7 Å². The van der Waals surface area contributed by atoms with Gasteiger partial charge in [-0.2, -0.15) is 0 Å². The van der Waals surface area contributed by atoms with Crippen LogP contribution in [0.25, 0.3) is 0 Å². The molecule has 0 aromatic heterocycles. The van der Waals surface area contributed by atoms with Gasteiger partial charge in [0.15, 0.2) is 0 Å². The number of halogens is 1. The van der Waals surface area contributed by atoms with Crippen LogP contribution >= 0.6 is 0 Å². The van der Waals surface area contributed by atoms with Gasteiger partial charge in [0.1, 0.15) is 5.82 Å². The normalized spacial score (nSPS) is 31.2. The molecule has 2 aliphatic carbocycles. The summed E-state index contributed by atoms with van der Waals surface area (Å²) < 4.78 is 13.2. The lowest BCUT2D eigenvalue weighted by Gasteiger charge is -2.37. The van der Waals surface area contributed by atoms with Crippen molar-refractivity contribution in [2.24, 2.45) is 23.7 Å². The Morgan fingerprint density at radius 1 is 1.18 bits per heavy atom. The van der Waals surface area contributed by atoms with E-state index in [9.17, 15) is 9.18 Å². The highest BCUT2D eigenvalue weighted by Gasteiger charge is 2.46. The van der Waals surface area contributed by atoms with Crippen molar-refractivity contribution in [3.63, 3.8) is 0 Å². The van der Waals surface area contributed by atoms with E-state index < -0.39 is 0 Å². The lowest BCUT2D eigenvalue weighted by atomic mass is 9.84. The molecule has 0 radical (unpaired) electrons. The highest BCUT2D eigenvalue weighted by atomic mass is 19.1. The summed E-state index contributed by atoms with van der Waals surface area (Å²) in [6.07, 6.45) is 5.09. The number of amides is 1. The first kappa shape index (κ1) is 14.2. The quantitative estimate of drug-likeness (QED) is 0.927. The van der Waals surface area contributed by atoms with Gasteiger partial charge in [0.2, 0.25) is 5.91 Å². The summed E-state index contributed by atoms with van der Waals surface area (Å²) in [6, 6.07) is 6.18. The number of piperidine rings is 1. The lowest BCUT2D eigenvalue weighted by molar-refractivity contribution is -0.124. The Kier molecular flexibility index (Phi) is 3.65.